The molecule has 0 spiro atoms. The Balaban J connectivity index is 2.00. The number of carboxylic acid groups (broad SMARTS) is 1. The second-order valence-electron chi connectivity index (χ2n) is 4.88. The standard InChI is InChI=1S/C16H17NO3S/c1-2-20-13-8-7-12(10-5-3-4-6-11(10)13)15-17-9-14(21-15)16(18)19/h3-8,14-15,17H,2,9H2,1H3,(H,18,19)/t14-,15-/m1/s1. The van der Waals surface area contributed by atoms with Gasteiger partial charge in [0.1, 0.15) is 11.0 Å². The highest BCUT2D eigenvalue weighted by Gasteiger charge is 2.31. The van der Waals surface area contributed by atoms with Crippen LogP contribution in [0, 0.1) is 0 Å². The van der Waals surface area contributed by atoms with E-state index in [4.69, 9.17) is 9.84 Å². The SMILES string of the molecule is CCOc1ccc([C@@H]2NC[C@H](C(=O)O)S2)c2ccccc12. The van der Waals surface area contributed by atoms with E-state index < -0.39 is 5.97 Å². The maximum Gasteiger partial charge on any atom is 0.318 e. The minimum atomic E-state index is -0.759. The van der Waals surface area contributed by atoms with Crippen molar-refractivity contribution in [2.75, 3.05) is 13.2 Å². The van der Waals surface area contributed by atoms with Crippen molar-refractivity contribution in [3.8, 4) is 5.75 Å². The summed E-state index contributed by atoms with van der Waals surface area (Å²) in [5, 5.41) is 14.2. The van der Waals surface area contributed by atoms with Crippen LogP contribution in [-0.2, 0) is 4.79 Å². The van der Waals surface area contributed by atoms with Gasteiger partial charge in [0, 0.05) is 11.9 Å². The van der Waals surface area contributed by atoms with E-state index in [2.05, 4.69) is 11.4 Å². The number of benzene rings is 2. The molecule has 1 saturated heterocycles. The Hall–Kier alpha value is -1.72. The summed E-state index contributed by atoms with van der Waals surface area (Å²) >= 11 is 1.45. The fraction of sp³-hybridized carbons (Fsp3) is 0.312. The number of nitrogens with one attached hydrogen (secondary N) is 1. The molecule has 2 atom stereocenters. The molecule has 1 aliphatic rings. The first-order valence-corrected chi connectivity index (χ1v) is 7.91. The highest BCUT2D eigenvalue weighted by atomic mass is 32.2. The van der Waals surface area contributed by atoms with E-state index in [1.807, 2.05) is 37.3 Å². The van der Waals surface area contributed by atoms with Gasteiger partial charge in [-0.25, -0.2) is 0 Å². The zero-order valence-corrected chi connectivity index (χ0v) is 12.5. The zero-order chi connectivity index (χ0) is 14.8. The molecule has 0 radical (unpaired) electrons. The summed E-state index contributed by atoms with van der Waals surface area (Å²) in [5.74, 6) is 0.111. The molecule has 1 aliphatic heterocycles. The van der Waals surface area contributed by atoms with E-state index in [-0.39, 0.29) is 10.6 Å². The molecule has 5 heteroatoms. The van der Waals surface area contributed by atoms with Gasteiger partial charge in [-0.3, -0.25) is 10.1 Å². The molecule has 0 aromatic heterocycles. The molecule has 110 valence electrons. The Labute approximate surface area is 127 Å². The van der Waals surface area contributed by atoms with Crippen LogP contribution >= 0.6 is 11.8 Å². The lowest BCUT2D eigenvalue weighted by molar-refractivity contribution is -0.136. The van der Waals surface area contributed by atoms with E-state index in [1.54, 1.807) is 0 Å². The Kier molecular flexibility index (Phi) is 4.03. The van der Waals surface area contributed by atoms with Crippen LogP contribution in [0.1, 0.15) is 17.9 Å². The predicted octanol–water partition coefficient (Wildman–Crippen LogP) is 3.03. The molecule has 0 unspecified atom stereocenters. The maximum atomic E-state index is 11.1. The quantitative estimate of drug-likeness (QED) is 0.909. The number of carboxylic acids is 1. The molecule has 4 nitrogen and oxygen atoms in total. The minimum Gasteiger partial charge on any atom is -0.493 e. The lowest BCUT2D eigenvalue weighted by Gasteiger charge is -2.16. The third-order valence-corrected chi connectivity index (χ3v) is 4.95. The van der Waals surface area contributed by atoms with Crippen LogP contribution in [0.4, 0.5) is 0 Å². The molecule has 2 aromatic carbocycles. The normalized spacial score (nSPS) is 21.6. The largest absolute Gasteiger partial charge is 0.493 e. The summed E-state index contributed by atoms with van der Waals surface area (Å²) in [6.45, 7) is 3.08. The molecule has 21 heavy (non-hydrogen) atoms. The number of hydrogen-bond donors (Lipinski definition) is 2. The lowest BCUT2D eigenvalue weighted by atomic mass is 10.0. The van der Waals surface area contributed by atoms with Crippen molar-refractivity contribution >= 4 is 28.5 Å². The predicted molar refractivity (Wildman–Crippen MR) is 84.9 cm³/mol. The van der Waals surface area contributed by atoms with Crippen molar-refractivity contribution in [1.29, 1.82) is 0 Å². The first-order chi connectivity index (χ1) is 10.2. The van der Waals surface area contributed by atoms with Gasteiger partial charge in [0.25, 0.3) is 0 Å². The van der Waals surface area contributed by atoms with Crippen LogP contribution in [0.15, 0.2) is 36.4 Å². The second-order valence-corrected chi connectivity index (χ2v) is 6.20. The van der Waals surface area contributed by atoms with E-state index in [1.165, 1.54) is 11.8 Å². The Bertz CT molecular complexity index is 674. The molecule has 0 bridgehead atoms. The van der Waals surface area contributed by atoms with Gasteiger partial charge in [-0.05, 0) is 23.9 Å². The van der Waals surface area contributed by atoms with Gasteiger partial charge >= 0.3 is 5.97 Å². The fourth-order valence-electron chi connectivity index (χ4n) is 2.61. The van der Waals surface area contributed by atoms with E-state index in [0.29, 0.717) is 13.2 Å². The van der Waals surface area contributed by atoms with Crippen molar-refractivity contribution in [1.82, 2.24) is 5.32 Å². The van der Waals surface area contributed by atoms with Crippen LogP contribution in [0.3, 0.4) is 0 Å². The van der Waals surface area contributed by atoms with E-state index in [0.717, 1.165) is 22.1 Å². The summed E-state index contributed by atoms with van der Waals surface area (Å²) in [7, 11) is 0. The third kappa shape index (κ3) is 2.71. The number of aliphatic carboxylic acids is 1. The third-order valence-electron chi connectivity index (χ3n) is 3.56. The molecule has 0 aliphatic carbocycles. The first-order valence-electron chi connectivity index (χ1n) is 6.96. The molecule has 2 aromatic rings. The number of thioether (sulfide) groups is 1. The monoisotopic (exact) mass is 303 g/mol. The molecule has 2 N–H and O–H groups in total. The van der Waals surface area contributed by atoms with Gasteiger partial charge in [-0.1, -0.05) is 30.3 Å². The van der Waals surface area contributed by atoms with Gasteiger partial charge in [-0.15, -0.1) is 11.8 Å². The Morgan fingerprint density at radius 1 is 1.33 bits per heavy atom. The van der Waals surface area contributed by atoms with Crippen LogP contribution in [-0.4, -0.2) is 29.5 Å². The van der Waals surface area contributed by atoms with Crippen molar-refractivity contribution in [3.05, 3.63) is 42.0 Å². The van der Waals surface area contributed by atoms with Crippen LogP contribution in [0.5, 0.6) is 5.75 Å². The smallest absolute Gasteiger partial charge is 0.318 e. The average Bonchev–Trinajstić information content (AvgIpc) is 2.98. The van der Waals surface area contributed by atoms with Crippen molar-refractivity contribution < 1.29 is 14.6 Å². The van der Waals surface area contributed by atoms with Crippen LogP contribution in [0.25, 0.3) is 10.8 Å². The summed E-state index contributed by atoms with van der Waals surface area (Å²) in [6, 6.07) is 12.1. The molecule has 0 amide bonds. The minimum absolute atomic E-state index is 0.00618. The van der Waals surface area contributed by atoms with Crippen molar-refractivity contribution in [2.45, 2.75) is 17.5 Å². The van der Waals surface area contributed by atoms with Crippen LogP contribution in [0.2, 0.25) is 0 Å². The van der Waals surface area contributed by atoms with Gasteiger partial charge in [0.2, 0.25) is 0 Å². The lowest BCUT2D eigenvalue weighted by Crippen LogP contribution is -2.21. The molecule has 0 saturated carbocycles. The highest BCUT2D eigenvalue weighted by Crippen LogP contribution is 2.40. The molecule has 3 rings (SSSR count). The number of rotatable bonds is 4. The molecular weight excluding hydrogens is 286 g/mol. The fourth-order valence-corrected chi connectivity index (χ4v) is 3.79. The Morgan fingerprint density at radius 3 is 2.76 bits per heavy atom. The number of ether oxygens (including phenoxy) is 1. The van der Waals surface area contributed by atoms with Crippen LogP contribution < -0.4 is 10.1 Å². The molecule has 1 heterocycles. The topological polar surface area (TPSA) is 58.6 Å². The second kappa shape index (κ2) is 5.95. The first kappa shape index (κ1) is 14.2. The summed E-state index contributed by atoms with van der Waals surface area (Å²) in [5.41, 5.74) is 1.11. The average molecular weight is 303 g/mol. The summed E-state index contributed by atoms with van der Waals surface area (Å²) < 4.78 is 5.67. The highest BCUT2D eigenvalue weighted by molar-refractivity contribution is 8.01. The zero-order valence-electron chi connectivity index (χ0n) is 11.7. The number of carbonyl (C=O) groups is 1. The van der Waals surface area contributed by atoms with Crippen molar-refractivity contribution in [2.24, 2.45) is 0 Å². The van der Waals surface area contributed by atoms with E-state index in [9.17, 15) is 4.79 Å². The number of fused-ring (bicyclic) bond motifs is 1. The van der Waals surface area contributed by atoms with Crippen molar-refractivity contribution in [3.63, 3.8) is 0 Å². The number of hydrogen-bond acceptors (Lipinski definition) is 4. The van der Waals surface area contributed by atoms with Gasteiger partial charge in [0.15, 0.2) is 0 Å². The van der Waals surface area contributed by atoms with Gasteiger partial charge in [-0.2, -0.15) is 0 Å². The summed E-state index contributed by atoms with van der Waals surface area (Å²) in [4.78, 5) is 11.1. The molecular formula is C16H17NO3S. The van der Waals surface area contributed by atoms with Gasteiger partial charge in [0.05, 0.1) is 12.0 Å². The van der Waals surface area contributed by atoms with Gasteiger partial charge < -0.3 is 9.84 Å². The molecule has 1 fully saturated rings. The maximum absolute atomic E-state index is 11.1. The van der Waals surface area contributed by atoms with E-state index >= 15 is 0 Å². The Morgan fingerprint density at radius 2 is 2.10 bits per heavy atom. The summed E-state index contributed by atoms with van der Waals surface area (Å²) in [6.07, 6.45) is 0.